The van der Waals surface area contributed by atoms with Crippen molar-refractivity contribution in [1.82, 2.24) is 5.43 Å². The number of hydrazone groups is 1. The minimum atomic E-state index is -0.480. The van der Waals surface area contributed by atoms with Gasteiger partial charge in [0.15, 0.2) is 0 Å². The summed E-state index contributed by atoms with van der Waals surface area (Å²) in [6.07, 6.45) is 1.38. The van der Waals surface area contributed by atoms with Crippen molar-refractivity contribution in [3.8, 4) is 0 Å². The van der Waals surface area contributed by atoms with Crippen LogP contribution in [0.3, 0.4) is 0 Å². The summed E-state index contributed by atoms with van der Waals surface area (Å²) in [5.74, 6) is -0.719. The second-order valence-electron chi connectivity index (χ2n) is 6.56. The molecular formula is C20H21N5O5. The number of carbonyl (C=O) groups is 2. The fraction of sp³-hybridized carbons (Fsp3) is 0.250. The first-order chi connectivity index (χ1) is 14.4. The van der Waals surface area contributed by atoms with Gasteiger partial charge in [-0.15, -0.1) is 0 Å². The molecule has 1 aliphatic heterocycles. The van der Waals surface area contributed by atoms with E-state index in [1.165, 1.54) is 31.3 Å². The summed E-state index contributed by atoms with van der Waals surface area (Å²) in [7, 11) is 0. The highest BCUT2D eigenvalue weighted by Crippen LogP contribution is 2.25. The maximum absolute atomic E-state index is 12.4. The van der Waals surface area contributed by atoms with Crippen LogP contribution >= 0.6 is 0 Å². The fourth-order valence-corrected chi connectivity index (χ4v) is 3.02. The van der Waals surface area contributed by atoms with E-state index in [1.807, 2.05) is 4.90 Å². The Bertz CT molecular complexity index is 985. The first kappa shape index (κ1) is 20.9. The van der Waals surface area contributed by atoms with Gasteiger partial charge in [-0.05, 0) is 24.3 Å². The third-order valence-corrected chi connectivity index (χ3v) is 4.39. The predicted molar refractivity (Wildman–Crippen MR) is 112 cm³/mol. The molecule has 1 fully saturated rings. The van der Waals surface area contributed by atoms with Crippen LogP contribution in [0.1, 0.15) is 22.8 Å². The molecule has 0 aromatic heterocycles. The van der Waals surface area contributed by atoms with E-state index in [9.17, 15) is 19.7 Å². The van der Waals surface area contributed by atoms with Crippen LogP contribution in [0.25, 0.3) is 0 Å². The Labute approximate surface area is 172 Å². The minimum Gasteiger partial charge on any atom is -0.378 e. The van der Waals surface area contributed by atoms with Crippen LogP contribution < -0.4 is 15.6 Å². The molecule has 0 atom stereocenters. The van der Waals surface area contributed by atoms with Gasteiger partial charge in [0, 0.05) is 54.6 Å². The molecule has 2 aromatic rings. The van der Waals surface area contributed by atoms with Gasteiger partial charge in [-0.3, -0.25) is 19.7 Å². The van der Waals surface area contributed by atoms with Gasteiger partial charge in [-0.2, -0.15) is 5.10 Å². The van der Waals surface area contributed by atoms with Gasteiger partial charge in [-0.1, -0.05) is 6.07 Å². The van der Waals surface area contributed by atoms with Crippen molar-refractivity contribution in [2.75, 3.05) is 36.5 Å². The van der Waals surface area contributed by atoms with Crippen LogP contribution in [0.2, 0.25) is 0 Å². The van der Waals surface area contributed by atoms with Crippen LogP contribution in [0.5, 0.6) is 0 Å². The molecule has 1 heterocycles. The first-order valence-corrected chi connectivity index (χ1v) is 9.26. The summed E-state index contributed by atoms with van der Waals surface area (Å²) >= 11 is 0. The summed E-state index contributed by atoms with van der Waals surface area (Å²) in [6.45, 7) is 3.81. The Kier molecular flexibility index (Phi) is 6.71. The van der Waals surface area contributed by atoms with Gasteiger partial charge in [-0.25, -0.2) is 5.43 Å². The summed E-state index contributed by atoms with van der Waals surface area (Å²) in [4.78, 5) is 36.2. The Morgan fingerprint density at radius 3 is 2.67 bits per heavy atom. The third-order valence-electron chi connectivity index (χ3n) is 4.39. The number of hydrogen-bond acceptors (Lipinski definition) is 7. The van der Waals surface area contributed by atoms with Crippen LogP contribution in [-0.2, 0) is 9.53 Å². The second kappa shape index (κ2) is 9.61. The summed E-state index contributed by atoms with van der Waals surface area (Å²) in [6, 6.07) is 10.9. The number of morpholine rings is 1. The molecule has 0 aliphatic carbocycles. The lowest BCUT2D eigenvalue weighted by molar-refractivity contribution is -0.384. The van der Waals surface area contributed by atoms with Gasteiger partial charge in [0.05, 0.1) is 24.4 Å². The average Bonchev–Trinajstić information content (AvgIpc) is 2.74. The van der Waals surface area contributed by atoms with E-state index in [0.29, 0.717) is 43.1 Å². The van der Waals surface area contributed by atoms with Crippen LogP contribution in [0, 0.1) is 10.1 Å². The molecule has 10 heteroatoms. The summed E-state index contributed by atoms with van der Waals surface area (Å²) < 4.78 is 5.35. The molecule has 3 rings (SSSR count). The van der Waals surface area contributed by atoms with Gasteiger partial charge in [0.2, 0.25) is 5.91 Å². The molecule has 0 unspecified atom stereocenters. The Balaban J connectivity index is 1.77. The second-order valence-corrected chi connectivity index (χ2v) is 6.56. The molecule has 0 radical (unpaired) electrons. The molecule has 0 spiro atoms. The van der Waals surface area contributed by atoms with E-state index in [0.717, 1.165) is 5.69 Å². The standard InChI is InChI=1S/C20H21N5O5/c1-14(26)22-17-4-2-3-15(11-17)20(27)23-21-13-16-12-18(25(28)29)5-6-19(16)24-7-9-30-10-8-24/h2-6,11-13H,7-10H2,1H3,(H,22,26)(H,23,27). The molecule has 156 valence electrons. The normalized spacial score (nSPS) is 13.8. The monoisotopic (exact) mass is 411 g/mol. The number of nitrogens with one attached hydrogen (secondary N) is 2. The number of rotatable bonds is 6. The number of non-ortho nitro benzene ring substituents is 1. The number of anilines is 2. The topological polar surface area (TPSA) is 126 Å². The maximum Gasteiger partial charge on any atom is 0.271 e. The zero-order valence-corrected chi connectivity index (χ0v) is 16.3. The van der Waals surface area contributed by atoms with Crippen molar-refractivity contribution >= 4 is 35.1 Å². The molecular weight excluding hydrogens is 390 g/mol. The van der Waals surface area contributed by atoms with Crippen molar-refractivity contribution in [3.63, 3.8) is 0 Å². The van der Waals surface area contributed by atoms with Crippen molar-refractivity contribution in [3.05, 3.63) is 63.7 Å². The number of benzene rings is 2. The zero-order valence-electron chi connectivity index (χ0n) is 16.3. The SMILES string of the molecule is CC(=O)Nc1cccc(C(=O)NN=Cc2cc([N+](=O)[O-])ccc2N2CCOCC2)c1. The molecule has 1 saturated heterocycles. The highest BCUT2D eigenvalue weighted by Gasteiger charge is 2.17. The average molecular weight is 411 g/mol. The lowest BCUT2D eigenvalue weighted by atomic mass is 10.1. The maximum atomic E-state index is 12.4. The largest absolute Gasteiger partial charge is 0.378 e. The highest BCUT2D eigenvalue weighted by atomic mass is 16.6. The number of nitro benzene ring substituents is 1. The molecule has 2 aromatic carbocycles. The fourth-order valence-electron chi connectivity index (χ4n) is 3.02. The van der Waals surface area contributed by atoms with E-state index in [-0.39, 0.29) is 11.6 Å². The van der Waals surface area contributed by atoms with Gasteiger partial charge in [0.25, 0.3) is 11.6 Å². The third kappa shape index (κ3) is 5.39. The molecule has 0 saturated carbocycles. The van der Waals surface area contributed by atoms with Crippen molar-refractivity contribution < 1.29 is 19.2 Å². The van der Waals surface area contributed by atoms with Gasteiger partial charge >= 0.3 is 0 Å². The Morgan fingerprint density at radius 1 is 1.20 bits per heavy atom. The van der Waals surface area contributed by atoms with Crippen LogP contribution in [0.15, 0.2) is 47.6 Å². The van der Waals surface area contributed by atoms with E-state index >= 15 is 0 Å². The lowest BCUT2D eigenvalue weighted by Gasteiger charge is -2.29. The smallest absolute Gasteiger partial charge is 0.271 e. The molecule has 0 bridgehead atoms. The van der Waals surface area contributed by atoms with Crippen LogP contribution in [-0.4, -0.2) is 49.3 Å². The Morgan fingerprint density at radius 2 is 1.97 bits per heavy atom. The van der Waals surface area contributed by atoms with Gasteiger partial charge < -0.3 is 15.0 Å². The van der Waals surface area contributed by atoms with Crippen molar-refractivity contribution in [2.24, 2.45) is 5.10 Å². The molecule has 30 heavy (non-hydrogen) atoms. The Hall–Kier alpha value is -3.79. The number of nitro groups is 1. The van der Waals surface area contributed by atoms with Crippen LogP contribution in [0.4, 0.5) is 17.1 Å². The van der Waals surface area contributed by atoms with Crippen molar-refractivity contribution in [2.45, 2.75) is 6.92 Å². The van der Waals surface area contributed by atoms with Crippen molar-refractivity contribution in [1.29, 1.82) is 0 Å². The quantitative estimate of drug-likeness (QED) is 0.426. The molecule has 2 amide bonds. The van der Waals surface area contributed by atoms with Gasteiger partial charge in [0.1, 0.15) is 0 Å². The number of nitrogens with zero attached hydrogens (tertiary/aromatic N) is 3. The predicted octanol–water partition coefficient (Wildman–Crippen LogP) is 2.15. The molecule has 10 nitrogen and oxygen atoms in total. The number of hydrogen-bond donors (Lipinski definition) is 2. The zero-order chi connectivity index (χ0) is 21.5. The molecule has 1 aliphatic rings. The highest BCUT2D eigenvalue weighted by molar-refractivity contribution is 5.97. The number of carbonyl (C=O) groups excluding carboxylic acids is 2. The lowest BCUT2D eigenvalue weighted by Crippen LogP contribution is -2.36. The molecule has 2 N–H and O–H groups in total. The summed E-state index contributed by atoms with van der Waals surface area (Å²) in [5.41, 5.74) is 4.43. The number of ether oxygens (including phenoxy) is 1. The summed E-state index contributed by atoms with van der Waals surface area (Å²) in [5, 5.41) is 17.7. The van der Waals surface area contributed by atoms with E-state index in [4.69, 9.17) is 4.74 Å². The minimum absolute atomic E-state index is 0.0669. The van der Waals surface area contributed by atoms with E-state index < -0.39 is 10.8 Å². The number of amides is 2. The first-order valence-electron chi connectivity index (χ1n) is 9.26. The van der Waals surface area contributed by atoms with E-state index in [1.54, 1.807) is 24.3 Å². The van der Waals surface area contributed by atoms with E-state index in [2.05, 4.69) is 15.8 Å².